The largest absolute Gasteiger partial charge is 0.391 e. The van der Waals surface area contributed by atoms with Crippen molar-refractivity contribution >= 4 is 11.6 Å². The number of nitro benzene ring substituents is 1. The standard InChI is InChI=1S/C16H18N4O4/c21-15-4-2-1-3-12(15)18-16(22)11-5-6-13(14(9-11)20(23)24)19-8-7-17-10-19/h5-10,12,15,21H,1-4H2,(H,18,22). The number of carbonyl (C=O) groups excluding carboxylic acids is 1. The number of aromatic nitrogens is 2. The molecule has 1 fully saturated rings. The van der Waals surface area contributed by atoms with Gasteiger partial charge in [-0.05, 0) is 25.0 Å². The van der Waals surface area contributed by atoms with Gasteiger partial charge in [-0.3, -0.25) is 14.9 Å². The molecule has 1 aromatic heterocycles. The summed E-state index contributed by atoms with van der Waals surface area (Å²) in [6, 6.07) is 4.00. The van der Waals surface area contributed by atoms with Crippen molar-refractivity contribution in [1.29, 1.82) is 0 Å². The van der Waals surface area contributed by atoms with Crippen molar-refractivity contribution in [2.24, 2.45) is 0 Å². The van der Waals surface area contributed by atoms with Crippen molar-refractivity contribution in [1.82, 2.24) is 14.9 Å². The van der Waals surface area contributed by atoms with E-state index < -0.39 is 16.9 Å². The fourth-order valence-corrected chi connectivity index (χ4v) is 2.96. The molecule has 0 radical (unpaired) electrons. The predicted molar refractivity (Wildman–Crippen MR) is 85.9 cm³/mol. The number of hydrogen-bond acceptors (Lipinski definition) is 5. The third-order valence-corrected chi connectivity index (χ3v) is 4.26. The lowest BCUT2D eigenvalue weighted by Gasteiger charge is -2.28. The summed E-state index contributed by atoms with van der Waals surface area (Å²) in [5.74, 6) is -0.416. The SMILES string of the molecule is O=C(NC1CCCCC1O)c1ccc(-n2ccnc2)c([N+](=O)[O-])c1. The Morgan fingerprint density at radius 3 is 2.83 bits per heavy atom. The van der Waals surface area contributed by atoms with E-state index >= 15 is 0 Å². The van der Waals surface area contributed by atoms with E-state index in [1.54, 1.807) is 6.20 Å². The molecule has 0 aliphatic heterocycles. The number of nitro groups is 1. The maximum Gasteiger partial charge on any atom is 0.294 e. The summed E-state index contributed by atoms with van der Waals surface area (Å²) in [6.07, 6.45) is 7.27. The average Bonchev–Trinajstić information content (AvgIpc) is 3.10. The molecule has 8 heteroatoms. The zero-order valence-corrected chi connectivity index (χ0v) is 13.0. The Hall–Kier alpha value is -2.74. The smallest absolute Gasteiger partial charge is 0.294 e. The lowest BCUT2D eigenvalue weighted by atomic mass is 9.92. The lowest BCUT2D eigenvalue weighted by molar-refractivity contribution is -0.384. The van der Waals surface area contributed by atoms with Crippen LogP contribution in [0.2, 0.25) is 0 Å². The lowest BCUT2D eigenvalue weighted by Crippen LogP contribution is -2.45. The number of amides is 1. The Morgan fingerprint density at radius 1 is 1.38 bits per heavy atom. The summed E-state index contributed by atoms with van der Waals surface area (Å²) in [5, 5.41) is 24.1. The molecule has 0 bridgehead atoms. The van der Waals surface area contributed by atoms with E-state index in [4.69, 9.17) is 0 Å². The van der Waals surface area contributed by atoms with Gasteiger partial charge >= 0.3 is 0 Å². The molecule has 1 amide bonds. The summed E-state index contributed by atoms with van der Waals surface area (Å²) in [6.45, 7) is 0. The van der Waals surface area contributed by atoms with Gasteiger partial charge in [0.1, 0.15) is 5.69 Å². The second-order valence-corrected chi connectivity index (χ2v) is 5.86. The highest BCUT2D eigenvalue weighted by Crippen LogP contribution is 2.25. The van der Waals surface area contributed by atoms with E-state index in [1.165, 1.54) is 35.3 Å². The van der Waals surface area contributed by atoms with Gasteiger partial charge in [0.05, 0.1) is 23.4 Å². The third-order valence-electron chi connectivity index (χ3n) is 4.26. The van der Waals surface area contributed by atoms with Crippen LogP contribution < -0.4 is 5.32 Å². The number of nitrogens with zero attached hydrogens (tertiary/aromatic N) is 3. The van der Waals surface area contributed by atoms with Gasteiger partial charge in [-0.15, -0.1) is 0 Å². The quantitative estimate of drug-likeness (QED) is 0.656. The van der Waals surface area contributed by atoms with Gasteiger partial charge in [0.2, 0.25) is 0 Å². The fraction of sp³-hybridized carbons (Fsp3) is 0.375. The molecular formula is C16H18N4O4. The molecule has 1 saturated carbocycles. The summed E-state index contributed by atoms with van der Waals surface area (Å²) >= 11 is 0. The summed E-state index contributed by atoms with van der Waals surface area (Å²) in [4.78, 5) is 27.1. The topological polar surface area (TPSA) is 110 Å². The minimum atomic E-state index is -0.567. The van der Waals surface area contributed by atoms with Gasteiger partial charge in [0, 0.05) is 24.0 Å². The van der Waals surface area contributed by atoms with Crippen LogP contribution >= 0.6 is 0 Å². The van der Waals surface area contributed by atoms with E-state index in [2.05, 4.69) is 10.3 Å². The molecule has 2 aromatic rings. The van der Waals surface area contributed by atoms with Crippen molar-refractivity contribution in [3.05, 3.63) is 52.6 Å². The second-order valence-electron chi connectivity index (χ2n) is 5.86. The Morgan fingerprint density at radius 2 is 2.17 bits per heavy atom. The number of imidazole rings is 1. The van der Waals surface area contributed by atoms with Crippen LogP contribution in [0.5, 0.6) is 0 Å². The molecule has 1 heterocycles. The molecule has 1 aliphatic carbocycles. The van der Waals surface area contributed by atoms with Crippen LogP contribution in [0.15, 0.2) is 36.9 Å². The van der Waals surface area contributed by atoms with E-state index in [1.807, 2.05) is 0 Å². The first-order chi connectivity index (χ1) is 11.6. The third kappa shape index (κ3) is 3.28. The number of aliphatic hydroxyl groups excluding tert-OH is 1. The monoisotopic (exact) mass is 330 g/mol. The zero-order chi connectivity index (χ0) is 17.1. The van der Waals surface area contributed by atoms with Gasteiger partial charge in [-0.25, -0.2) is 4.98 Å². The highest BCUT2D eigenvalue weighted by Gasteiger charge is 2.26. The maximum absolute atomic E-state index is 12.4. The molecule has 1 aliphatic rings. The van der Waals surface area contributed by atoms with Gasteiger partial charge in [0.15, 0.2) is 0 Å². The van der Waals surface area contributed by atoms with E-state index in [0.29, 0.717) is 18.5 Å². The van der Waals surface area contributed by atoms with E-state index in [0.717, 1.165) is 12.8 Å². The summed E-state index contributed by atoms with van der Waals surface area (Å²) in [7, 11) is 0. The molecule has 126 valence electrons. The van der Waals surface area contributed by atoms with Crippen LogP contribution in [0.25, 0.3) is 5.69 Å². The predicted octanol–water partition coefficient (Wildman–Crippen LogP) is 1.81. The van der Waals surface area contributed by atoms with Crippen molar-refractivity contribution in [3.63, 3.8) is 0 Å². The van der Waals surface area contributed by atoms with Crippen LogP contribution in [0.3, 0.4) is 0 Å². The fourth-order valence-electron chi connectivity index (χ4n) is 2.96. The first-order valence-corrected chi connectivity index (χ1v) is 7.82. The first kappa shape index (κ1) is 16.1. The molecule has 24 heavy (non-hydrogen) atoms. The molecule has 1 aromatic carbocycles. The van der Waals surface area contributed by atoms with E-state index in [9.17, 15) is 20.0 Å². The number of benzene rings is 1. The Labute approximate surface area is 138 Å². The van der Waals surface area contributed by atoms with Gasteiger partial charge < -0.3 is 15.0 Å². The maximum atomic E-state index is 12.4. The Bertz CT molecular complexity index is 745. The minimum Gasteiger partial charge on any atom is -0.391 e. The van der Waals surface area contributed by atoms with Crippen LogP contribution in [-0.4, -0.2) is 37.6 Å². The first-order valence-electron chi connectivity index (χ1n) is 7.82. The van der Waals surface area contributed by atoms with Crippen LogP contribution in [0.4, 0.5) is 5.69 Å². The Kier molecular flexibility index (Phi) is 4.57. The normalized spacial score (nSPS) is 20.5. The molecule has 0 spiro atoms. The average molecular weight is 330 g/mol. The van der Waals surface area contributed by atoms with Gasteiger partial charge in [0.25, 0.3) is 11.6 Å². The molecular weight excluding hydrogens is 312 g/mol. The molecule has 3 rings (SSSR count). The zero-order valence-electron chi connectivity index (χ0n) is 13.0. The number of carbonyl (C=O) groups is 1. The van der Waals surface area contributed by atoms with Crippen molar-refractivity contribution in [2.45, 2.75) is 37.8 Å². The summed E-state index contributed by atoms with van der Waals surface area (Å²) in [5.41, 5.74) is 0.361. The van der Waals surface area contributed by atoms with Gasteiger partial charge in [-0.2, -0.15) is 0 Å². The molecule has 2 atom stereocenters. The van der Waals surface area contributed by atoms with E-state index in [-0.39, 0.29) is 17.3 Å². The Balaban J connectivity index is 1.84. The highest BCUT2D eigenvalue weighted by molar-refractivity contribution is 5.95. The summed E-state index contributed by atoms with van der Waals surface area (Å²) < 4.78 is 1.52. The number of aliphatic hydroxyl groups is 1. The van der Waals surface area contributed by atoms with Crippen molar-refractivity contribution in [2.75, 3.05) is 0 Å². The molecule has 8 nitrogen and oxygen atoms in total. The number of hydrogen-bond donors (Lipinski definition) is 2. The van der Waals surface area contributed by atoms with Crippen molar-refractivity contribution in [3.8, 4) is 5.69 Å². The second kappa shape index (κ2) is 6.79. The van der Waals surface area contributed by atoms with Crippen molar-refractivity contribution < 1.29 is 14.8 Å². The molecule has 2 N–H and O–H groups in total. The number of nitrogens with one attached hydrogen (secondary N) is 1. The molecule has 0 saturated heterocycles. The minimum absolute atomic E-state index is 0.176. The number of rotatable bonds is 4. The van der Waals surface area contributed by atoms with Crippen LogP contribution in [0.1, 0.15) is 36.0 Å². The van der Waals surface area contributed by atoms with Crippen LogP contribution in [0, 0.1) is 10.1 Å². The molecule has 2 unspecified atom stereocenters. The van der Waals surface area contributed by atoms with Gasteiger partial charge in [-0.1, -0.05) is 12.8 Å². The van der Waals surface area contributed by atoms with Crippen LogP contribution in [-0.2, 0) is 0 Å². The highest BCUT2D eigenvalue weighted by atomic mass is 16.6.